The number of carbonyl (C=O) groups is 1. The summed E-state index contributed by atoms with van der Waals surface area (Å²) in [7, 11) is 1.83. The van der Waals surface area contributed by atoms with Crippen LogP contribution in [0.3, 0.4) is 0 Å². The Kier molecular flexibility index (Phi) is 10.9. The molecule has 3 heterocycles. The smallest absolute Gasteiger partial charge is 0.410 e. The molecule has 2 aliphatic heterocycles. The Morgan fingerprint density at radius 3 is 2.62 bits per heavy atom. The van der Waals surface area contributed by atoms with Gasteiger partial charge in [-0.1, -0.05) is 0 Å². The van der Waals surface area contributed by atoms with Crippen molar-refractivity contribution in [2.45, 2.75) is 64.5 Å². The van der Waals surface area contributed by atoms with E-state index >= 15 is 0 Å². The van der Waals surface area contributed by atoms with E-state index in [1.54, 1.807) is 0 Å². The maximum Gasteiger partial charge on any atom is 0.410 e. The van der Waals surface area contributed by atoms with Gasteiger partial charge in [0.25, 0.3) is 0 Å². The number of likely N-dealkylation sites (tertiary alicyclic amines) is 1. The van der Waals surface area contributed by atoms with Crippen LogP contribution in [0.2, 0.25) is 0 Å². The van der Waals surface area contributed by atoms with Gasteiger partial charge in [0.05, 0.1) is 5.00 Å². The van der Waals surface area contributed by atoms with Crippen LogP contribution < -0.4 is 15.5 Å². The van der Waals surface area contributed by atoms with Gasteiger partial charge in [0.15, 0.2) is 5.96 Å². The summed E-state index contributed by atoms with van der Waals surface area (Å²) in [5.41, 5.74) is -0.441. The number of anilines is 1. The molecule has 2 N–H and O–H groups in total. The first-order valence-electron chi connectivity index (χ1n) is 11.6. The van der Waals surface area contributed by atoms with E-state index < -0.39 is 5.60 Å². The molecular weight excluding hydrogens is 537 g/mol. The Bertz CT molecular complexity index is 714. The van der Waals surface area contributed by atoms with Crippen molar-refractivity contribution < 1.29 is 9.53 Å². The second-order valence-electron chi connectivity index (χ2n) is 9.58. The van der Waals surface area contributed by atoms with Gasteiger partial charge >= 0.3 is 6.09 Å². The Labute approximate surface area is 214 Å². The van der Waals surface area contributed by atoms with Crippen LogP contribution in [0, 0.1) is 5.92 Å². The molecule has 1 aromatic rings. The summed E-state index contributed by atoms with van der Waals surface area (Å²) in [6.45, 7) is 10.4. The van der Waals surface area contributed by atoms with Crippen molar-refractivity contribution in [1.29, 1.82) is 0 Å². The number of nitrogens with zero attached hydrogens (tertiary/aromatic N) is 3. The standard InChI is InChI=1S/C23H39N5O2S.HI/c1-23(2,3)30-22(29)28-13-5-7-18(17-28)9-12-25-21(24-4)26-19-10-14-27(15-11-19)20-8-6-16-31-20;/h6,8,16,18-19H,5,7,9-15,17H2,1-4H3,(H2,24,25,26);1H. The molecule has 1 aromatic heterocycles. The van der Waals surface area contributed by atoms with Gasteiger partial charge in [0.1, 0.15) is 5.60 Å². The number of aliphatic imine (C=N–C) groups is 1. The zero-order chi connectivity index (χ0) is 22.3. The van der Waals surface area contributed by atoms with Gasteiger partial charge in [0.2, 0.25) is 0 Å². The van der Waals surface area contributed by atoms with E-state index in [9.17, 15) is 4.79 Å². The average Bonchev–Trinajstić information content (AvgIpc) is 3.27. The minimum atomic E-state index is -0.441. The largest absolute Gasteiger partial charge is 0.444 e. The Morgan fingerprint density at radius 1 is 1.25 bits per heavy atom. The second-order valence-corrected chi connectivity index (χ2v) is 10.5. The number of nitrogens with one attached hydrogen (secondary N) is 2. The van der Waals surface area contributed by atoms with Crippen molar-refractivity contribution >= 4 is 52.4 Å². The topological polar surface area (TPSA) is 69.2 Å². The fraction of sp³-hybridized carbons (Fsp3) is 0.739. The third-order valence-corrected chi connectivity index (χ3v) is 6.82. The highest BCUT2D eigenvalue weighted by Crippen LogP contribution is 2.25. The molecule has 0 aromatic carbocycles. The first-order chi connectivity index (χ1) is 14.8. The van der Waals surface area contributed by atoms with Crippen molar-refractivity contribution in [1.82, 2.24) is 15.5 Å². The molecule has 1 atom stereocenters. The van der Waals surface area contributed by atoms with Gasteiger partial charge in [-0.25, -0.2) is 4.79 Å². The number of carbonyl (C=O) groups excluding carboxylic acids is 1. The zero-order valence-electron chi connectivity index (χ0n) is 19.9. The van der Waals surface area contributed by atoms with Crippen molar-refractivity contribution in [3.8, 4) is 0 Å². The second kappa shape index (κ2) is 12.9. The van der Waals surface area contributed by atoms with Gasteiger partial charge in [-0.3, -0.25) is 4.99 Å². The normalized spacial score (nSPS) is 20.5. The number of hydrogen-bond donors (Lipinski definition) is 2. The Balaban J connectivity index is 0.00000363. The molecule has 3 rings (SSSR count). The number of piperidine rings is 2. The van der Waals surface area contributed by atoms with Crippen LogP contribution in [0.25, 0.3) is 0 Å². The summed E-state index contributed by atoms with van der Waals surface area (Å²) >= 11 is 1.82. The molecule has 2 aliphatic rings. The van der Waals surface area contributed by atoms with Gasteiger partial charge in [-0.2, -0.15) is 0 Å². The van der Waals surface area contributed by atoms with Crippen LogP contribution in [-0.4, -0.2) is 68.4 Å². The maximum absolute atomic E-state index is 12.4. The fourth-order valence-electron chi connectivity index (χ4n) is 4.27. The lowest BCUT2D eigenvalue weighted by atomic mass is 9.95. The summed E-state index contributed by atoms with van der Waals surface area (Å²) < 4.78 is 5.54. The highest BCUT2D eigenvalue weighted by Gasteiger charge is 2.27. The lowest BCUT2D eigenvalue weighted by molar-refractivity contribution is 0.0162. The predicted octanol–water partition coefficient (Wildman–Crippen LogP) is 4.54. The predicted molar refractivity (Wildman–Crippen MR) is 145 cm³/mol. The number of guanidine groups is 1. The van der Waals surface area contributed by atoms with E-state index in [2.05, 4.69) is 38.0 Å². The van der Waals surface area contributed by atoms with Crippen molar-refractivity contribution in [2.75, 3.05) is 44.7 Å². The molecule has 7 nitrogen and oxygen atoms in total. The van der Waals surface area contributed by atoms with E-state index in [4.69, 9.17) is 4.74 Å². The molecule has 0 radical (unpaired) electrons. The lowest BCUT2D eigenvalue weighted by Crippen LogP contribution is -2.49. The van der Waals surface area contributed by atoms with Crippen molar-refractivity contribution in [2.24, 2.45) is 10.9 Å². The SMILES string of the molecule is CN=C(NCCC1CCCN(C(=O)OC(C)(C)C)C1)NC1CCN(c2cccs2)CC1.I. The van der Waals surface area contributed by atoms with Crippen LogP contribution in [-0.2, 0) is 4.74 Å². The van der Waals surface area contributed by atoms with Crippen molar-refractivity contribution in [3.63, 3.8) is 0 Å². The van der Waals surface area contributed by atoms with Crippen LogP contribution in [0.4, 0.5) is 9.80 Å². The van der Waals surface area contributed by atoms with E-state index in [1.165, 1.54) is 5.00 Å². The van der Waals surface area contributed by atoms with Crippen LogP contribution >= 0.6 is 35.3 Å². The third-order valence-electron chi connectivity index (χ3n) is 5.89. The van der Waals surface area contributed by atoms with Gasteiger partial charge < -0.3 is 25.2 Å². The molecule has 32 heavy (non-hydrogen) atoms. The van der Waals surface area contributed by atoms with Crippen LogP contribution in [0.15, 0.2) is 22.5 Å². The molecule has 1 unspecified atom stereocenters. The Morgan fingerprint density at radius 2 is 2.00 bits per heavy atom. The molecular formula is C23H40IN5O2S. The molecule has 182 valence electrons. The van der Waals surface area contributed by atoms with Gasteiger partial charge in [-0.05, 0) is 76.3 Å². The monoisotopic (exact) mass is 577 g/mol. The summed E-state index contributed by atoms with van der Waals surface area (Å²) in [6.07, 6.45) is 5.28. The third kappa shape index (κ3) is 8.61. The van der Waals surface area contributed by atoms with E-state index in [0.29, 0.717) is 12.0 Å². The Hall–Kier alpha value is -1.23. The van der Waals surface area contributed by atoms with Gasteiger partial charge in [0, 0.05) is 45.8 Å². The summed E-state index contributed by atoms with van der Waals surface area (Å²) in [5.74, 6) is 1.38. The molecule has 0 aliphatic carbocycles. The molecule has 9 heteroatoms. The minimum absolute atomic E-state index is 0. The first kappa shape index (κ1) is 27.0. The lowest BCUT2D eigenvalue weighted by Gasteiger charge is -2.34. The molecule has 2 fully saturated rings. The molecule has 2 saturated heterocycles. The molecule has 0 bridgehead atoms. The van der Waals surface area contributed by atoms with Crippen LogP contribution in [0.5, 0.6) is 0 Å². The fourth-order valence-corrected chi connectivity index (χ4v) is 5.06. The number of hydrogen-bond acceptors (Lipinski definition) is 5. The summed E-state index contributed by atoms with van der Waals surface area (Å²) in [6, 6.07) is 4.78. The maximum atomic E-state index is 12.4. The number of amides is 1. The van der Waals surface area contributed by atoms with Crippen LogP contribution in [0.1, 0.15) is 52.9 Å². The molecule has 0 saturated carbocycles. The summed E-state index contributed by atoms with van der Waals surface area (Å²) in [4.78, 5) is 21.1. The number of halogens is 1. The quantitative estimate of drug-likeness (QED) is 0.306. The first-order valence-corrected chi connectivity index (χ1v) is 12.5. The highest BCUT2D eigenvalue weighted by molar-refractivity contribution is 14.0. The van der Waals surface area contributed by atoms with Crippen molar-refractivity contribution in [3.05, 3.63) is 17.5 Å². The summed E-state index contributed by atoms with van der Waals surface area (Å²) in [5, 5.41) is 10.6. The zero-order valence-corrected chi connectivity index (χ0v) is 23.1. The highest BCUT2D eigenvalue weighted by atomic mass is 127. The van der Waals surface area contributed by atoms with Gasteiger partial charge in [-0.15, -0.1) is 35.3 Å². The van der Waals surface area contributed by atoms with E-state index in [-0.39, 0.29) is 30.1 Å². The molecule has 1 amide bonds. The van der Waals surface area contributed by atoms with E-state index in [0.717, 1.165) is 70.8 Å². The minimum Gasteiger partial charge on any atom is -0.444 e. The molecule has 0 spiro atoms. The number of thiophene rings is 1. The number of ether oxygens (including phenoxy) is 1. The average molecular weight is 578 g/mol. The van der Waals surface area contributed by atoms with E-state index in [1.807, 2.05) is 44.1 Å². The number of rotatable bonds is 5.